The van der Waals surface area contributed by atoms with E-state index in [1.165, 1.54) is 32.1 Å². The number of pyridine rings is 1. The van der Waals surface area contributed by atoms with Crippen LogP contribution in [0.5, 0.6) is 0 Å². The van der Waals surface area contributed by atoms with Crippen molar-refractivity contribution in [1.29, 1.82) is 5.26 Å². The van der Waals surface area contributed by atoms with Crippen molar-refractivity contribution in [3.63, 3.8) is 0 Å². The molecule has 3 rings (SSSR count). The number of anilines is 2. The average molecular weight is 310 g/mol. The van der Waals surface area contributed by atoms with E-state index in [0.717, 1.165) is 10.9 Å². The van der Waals surface area contributed by atoms with Gasteiger partial charge in [-0.2, -0.15) is 5.26 Å². The molecular formula is C17H22N6. The maximum absolute atomic E-state index is 9.13. The standard InChI is InChI=1S/C17H22N6/c1-11(2)20-16-15-12(8-14(9-18)21-16)10-19-17(23-15)22-13-6-4-3-5-7-13/h8,10-11,13H,3-7H2,1-2H3,(H,20,21)(H,19,22,23). The molecule has 6 heteroatoms. The summed E-state index contributed by atoms with van der Waals surface area (Å²) in [5.74, 6) is 1.28. The van der Waals surface area contributed by atoms with Crippen LogP contribution in [0.25, 0.3) is 10.9 Å². The van der Waals surface area contributed by atoms with Gasteiger partial charge in [0, 0.05) is 23.7 Å². The van der Waals surface area contributed by atoms with Gasteiger partial charge >= 0.3 is 0 Å². The van der Waals surface area contributed by atoms with Crippen molar-refractivity contribution in [2.45, 2.75) is 58.0 Å². The molecular weight excluding hydrogens is 288 g/mol. The second-order valence-corrected chi connectivity index (χ2v) is 6.38. The number of hydrogen-bond acceptors (Lipinski definition) is 6. The monoisotopic (exact) mass is 310 g/mol. The van der Waals surface area contributed by atoms with E-state index in [1.54, 1.807) is 12.3 Å². The Labute approximate surface area is 136 Å². The SMILES string of the molecule is CC(C)Nc1nc(C#N)cc2cnc(NC3CCCCC3)nc12. The van der Waals surface area contributed by atoms with E-state index in [-0.39, 0.29) is 6.04 Å². The molecule has 23 heavy (non-hydrogen) atoms. The Bertz CT molecular complexity index is 728. The summed E-state index contributed by atoms with van der Waals surface area (Å²) >= 11 is 0. The zero-order chi connectivity index (χ0) is 16.2. The molecule has 0 aromatic carbocycles. The van der Waals surface area contributed by atoms with Gasteiger partial charge in [-0.1, -0.05) is 19.3 Å². The van der Waals surface area contributed by atoms with E-state index in [9.17, 15) is 0 Å². The molecule has 0 bridgehead atoms. The van der Waals surface area contributed by atoms with Crippen molar-refractivity contribution in [2.75, 3.05) is 10.6 Å². The zero-order valence-electron chi connectivity index (χ0n) is 13.6. The predicted molar refractivity (Wildman–Crippen MR) is 91.3 cm³/mol. The Morgan fingerprint density at radius 2 is 2.00 bits per heavy atom. The Kier molecular flexibility index (Phi) is 4.56. The van der Waals surface area contributed by atoms with Crippen molar-refractivity contribution >= 4 is 22.7 Å². The molecule has 0 atom stereocenters. The molecule has 2 aromatic rings. The van der Waals surface area contributed by atoms with E-state index in [0.29, 0.717) is 23.5 Å². The van der Waals surface area contributed by atoms with Crippen LogP contribution < -0.4 is 10.6 Å². The Balaban J connectivity index is 1.94. The Hall–Kier alpha value is -2.42. The smallest absolute Gasteiger partial charge is 0.223 e. The number of rotatable bonds is 4. The molecule has 2 heterocycles. The number of nitriles is 1. The molecule has 0 amide bonds. The molecule has 1 aliphatic carbocycles. The first-order valence-electron chi connectivity index (χ1n) is 8.26. The lowest BCUT2D eigenvalue weighted by Crippen LogP contribution is -2.23. The van der Waals surface area contributed by atoms with Crippen LogP contribution in [0, 0.1) is 11.3 Å². The van der Waals surface area contributed by atoms with Gasteiger partial charge in [0.25, 0.3) is 0 Å². The third-order valence-electron chi connectivity index (χ3n) is 4.04. The third kappa shape index (κ3) is 3.67. The summed E-state index contributed by atoms with van der Waals surface area (Å²) in [4.78, 5) is 13.4. The van der Waals surface area contributed by atoms with E-state index in [1.807, 2.05) is 13.8 Å². The highest BCUT2D eigenvalue weighted by molar-refractivity contribution is 5.89. The zero-order valence-corrected chi connectivity index (χ0v) is 13.6. The summed E-state index contributed by atoms with van der Waals surface area (Å²) < 4.78 is 0. The van der Waals surface area contributed by atoms with Crippen LogP contribution in [0.1, 0.15) is 51.6 Å². The van der Waals surface area contributed by atoms with Crippen LogP contribution in [-0.4, -0.2) is 27.0 Å². The lowest BCUT2D eigenvalue weighted by Gasteiger charge is -2.22. The molecule has 2 aromatic heterocycles. The molecule has 1 fully saturated rings. The highest BCUT2D eigenvalue weighted by Crippen LogP contribution is 2.24. The quantitative estimate of drug-likeness (QED) is 0.899. The van der Waals surface area contributed by atoms with Gasteiger partial charge in [0.2, 0.25) is 5.95 Å². The van der Waals surface area contributed by atoms with Gasteiger partial charge in [-0.25, -0.2) is 15.0 Å². The summed E-state index contributed by atoms with van der Waals surface area (Å²) in [6.07, 6.45) is 7.95. The van der Waals surface area contributed by atoms with Crippen LogP contribution in [0.4, 0.5) is 11.8 Å². The van der Waals surface area contributed by atoms with Crippen LogP contribution in [0.3, 0.4) is 0 Å². The van der Waals surface area contributed by atoms with Gasteiger partial charge in [-0.05, 0) is 32.8 Å². The second kappa shape index (κ2) is 6.78. The second-order valence-electron chi connectivity index (χ2n) is 6.38. The Morgan fingerprint density at radius 3 is 2.70 bits per heavy atom. The summed E-state index contributed by atoms with van der Waals surface area (Å²) in [7, 11) is 0. The maximum atomic E-state index is 9.13. The number of aromatic nitrogens is 3. The van der Waals surface area contributed by atoms with E-state index in [4.69, 9.17) is 5.26 Å². The van der Waals surface area contributed by atoms with Gasteiger partial charge in [-0.3, -0.25) is 0 Å². The fourth-order valence-corrected chi connectivity index (χ4v) is 2.97. The number of nitrogens with one attached hydrogen (secondary N) is 2. The number of fused-ring (bicyclic) bond motifs is 1. The lowest BCUT2D eigenvalue weighted by molar-refractivity contribution is 0.461. The lowest BCUT2D eigenvalue weighted by atomic mass is 9.96. The van der Waals surface area contributed by atoms with Gasteiger partial charge in [0.15, 0.2) is 5.82 Å². The first-order valence-corrected chi connectivity index (χ1v) is 8.26. The first kappa shape index (κ1) is 15.5. The Morgan fingerprint density at radius 1 is 1.22 bits per heavy atom. The number of hydrogen-bond donors (Lipinski definition) is 2. The van der Waals surface area contributed by atoms with Crippen molar-refractivity contribution in [1.82, 2.24) is 15.0 Å². The first-order chi connectivity index (χ1) is 11.2. The molecule has 0 spiro atoms. The maximum Gasteiger partial charge on any atom is 0.223 e. The van der Waals surface area contributed by atoms with Crippen molar-refractivity contribution in [2.24, 2.45) is 0 Å². The van der Waals surface area contributed by atoms with Crippen LogP contribution in [-0.2, 0) is 0 Å². The van der Waals surface area contributed by atoms with Gasteiger partial charge < -0.3 is 10.6 Å². The minimum Gasteiger partial charge on any atom is -0.366 e. The highest BCUT2D eigenvalue weighted by Gasteiger charge is 2.15. The minimum absolute atomic E-state index is 0.212. The van der Waals surface area contributed by atoms with E-state index < -0.39 is 0 Å². The third-order valence-corrected chi connectivity index (χ3v) is 4.04. The fraction of sp³-hybridized carbons (Fsp3) is 0.529. The van der Waals surface area contributed by atoms with Gasteiger partial charge in [0.05, 0.1) is 0 Å². The molecule has 0 radical (unpaired) electrons. The average Bonchev–Trinajstić information content (AvgIpc) is 2.55. The summed E-state index contributed by atoms with van der Waals surface area (Å²) in [5, 5.41) is 16.7. The molecule has 1 aliphatic rings. The van der Waals surface area contributed by atoms with Gasteiger partial charge in [-0.15, -0.1) is 0 Å². The van der Waals surface area contributed by atoms with Crippen LogP contribution >= 0.6 is 0 Å². The molecule has 0 aliphatic heterocycles. The topological polar surface area (TPSA) is 86.5 Å². The number of nitrogens with zero attached hydrogens (tertiary/aromatic N) is 4. The van der Waals surface area contributed by atoms with Crippen molar-refractivity contribution < 1.29 is 0 Å². The molecule has 0 unspecified atom stereocenters. The molecule has 2 N–H and O–H groups in total. The molecule has 1 saturated carbocycles. The van der Waals surface area contributed by atoms with Crippen molar-refractivity contribution in [3.05, 3.63) is 18.0 Å². The summed E-state index contributed by atoms with van der Waals surface area (Å²) in [5.41, 5.74) is 1.13. The van der Waals surface area contributed by atoms with Crippen molar-refractivity contribution in [3.8, 4) is 6.07 Å². The fourth-order valence-electron chi connectivity index (χ4n) is 2.97. The predicted octanol–water partition coefficient (Wildman–Crippen LogP) is 3.46. The van der Waals surface area contributed by atoms with Crippen LogP contribution in [0.15, 0.2) is 12.3 Å². The highest BCUT2D eigenvalue weighted by atomic mass is 15.1. The molecule has 0 saturated heterocycles. The summed E-state index contributed by atoms with van der Waals surface area (Å²) in [6, 6.07) is 4.48. The van der Waals surface area contributed by atoms with Crippen LogP contribution in [0.2, 0.25) is 0 Å². The minimum atomic E-state index is 0.212. The summed E-state index contributed by atoms with van der Waals surface area (Å²) in [6.45, 7) is 4.07. The van der Waals surface area contributed by atoms with E-state index >= 15 is 0 Å². The largest absolute Gasteiger partial charge is 0.366 e. The van der Waals surface area contributed by atoms with Gasteiger partial charge in [0.1, 0.15) is 17.3 Å². The van der Waals surface area contributed by atoms with E-state index in [2.05, 4.69) is 31.7 Å². The normalized spacial score (nSPS) is 15.6. The molecule has 120 valence electrons. The molecule has 6 nitrogen and oxygen atoms in total.